The maximum absolute atomic E-state index is 8.09. The minimum atomic E-state index is -0.319. The topological polar surface area (TPSA) is 58.9 Å². The summed E-state index contributed by atoms with van der Waals surface area (Å²) in [6.07, 6.45) is 0. The SMILES string of the molecule is CC(C)(OC(C)(C)c1ccccc1)c1ccccc1.OCCOCCO. The first-order valence-corrected chi connectivity index (χ1v) is 8.94. The molecule has 0 fully saturated rings. The second kappa shape index (κ2) is 11.1. The lowest BCUT2D eigenvalue weighted by atomic mass is 9.93. The molecule has 0 aliphatic carbocycles. The molecule has 2 N–H and O–H groups in total. The lowest BCUT2D eigenvalue weighted by Crippen LogP contribution is -2.33. The molecular formula is C22H32O4. The van der Waals surface area contributed by atoms with Crippen molar-refractivity contribution in [1.29, 1.82) is 0 Å². The second-order valence-corrected chi connectivity index (χ2v) is 6.91. The first kappa shape index (κ1) is 22.3. The van der Waals surface area contributed by atoms with Gasteiger partial charge in [-0.1, -0.05) is 60.7 Å². The van der Waals surface area contributed by atoms with Gasteiger partial charge in [-0.2, -0.15) is 0 Å². The van der Waals surface area contributed by atoms with Crippen LogP contribution in [0.4, 0.5) is 0 Å². The van der Waals surface area contributed by atoms with E-state index in [0.717, 1.165) is 0 Å². The summed E-state index contributed by atoms with van der Waals surface area (Å²) in [5.74, 6) is 0. The maximum atomic E-state index is 8.09. The number of hydrogen-bond donors (Lipinski definition) is 2. The summed E-state index contributed by atoms with van der Waals surface area (Å²) in [5.41, 5.74) is 1.75. The van der Waals surface area contributed by atoms with E-state index in [-0.39, 0.29) is 24.4 Å². The van der Waals surface area contributed by atoms with Crippen molar-refractivity contribution in [3.05, 3.63) is 71.8 Å². The highest BCUT2D eigenvalue weighted by molar-refractivity contribution is 5.24. The van der Waals surface area contributed by atoms with Crippen molar-refractivity contribution >= 4 is 0 Å². The molecule has 0 atom stereocenters. The van der Waals surface area contributed by atoms with Crippen molar-refractivity contribution in [3.63, 3.8) is 0 Å². The molecule has 144 valence electrons. The molecule has 0 amide bonds. The summed E-state index contributed by atoms with van der Waals surface area (Å²) in [6, 6.07) is 20.7. The Hall–Kier alpha value is -1.72. The molecule has 0 radical (unpaired) electrons. The van der Waals surface area contributed by atoms with Crippen molar-refractivity contribution in [1.82, 2.24) is 0 Å². The first-order chi connectivity index (χ1) is 12.3. The van der Waals surface area contributed by atoms with E-state index in [1.165, 1.54) is 11.1 Å². The van der Waals surface area contributed by atoms with Crippen LogP contribution in [0.1, 0.15) is 38.8 Å². The van der Waals surface area contributed by atoms with Gasteiger partial charge in [0.1, 0.15) is 0 Å². The van der Waals surface area contributed by atoms with Crippen LogP contribution in [0.2, 0.25) is 0 Å². The normalized spacial score (nSPS) is 11.6. The third kappa shape index (κ3) is 7.67. The van der Waals surface area contributed by atoms with Gasteiger partial charge in [-0.25, -0.2) is 0 Å². The molecule has 0 aliphatic heterocycles. The summed E-state index contributed by atoms with van der Waals surface area (Å²) in [5, 5.41) is 16.2. The number of aliphatic hydroxyl groups excluding tert-OH is 2. The molecule has 4 nitrogen and oxygen atoms in total. The van der Waals surface area contributed by atoms with Crippen LogP contribution in [0, 0.1) is 0 Å². The summed E-state index contributed by atoms with van der Waals surface area (Å²) >= 11 is 0. The van der Waals surface area contributed by atoms with Crippen molar-refractivity contribution in [2.45, 2.75) is 38.9 Å². The minimum Gasteiger partial charge on any atom is -0.394 e. The largest absolute Gasteiger partial charge is 0.394 e. The van der Waals surface area contributed by atoms with Crippen molar-refractivity contribution < 1.29 is 19.7 Å². The number of rotatable bonds is 8. The van der Waals surface area contributed by atoms with Crippen LogP contribution in [0.15, 0.2) is 60.7 Å². The predicted octanol–water partition coefficient (Wildman–Crippen LogP) is 3.86. The Balaban J connectivity index is 0.000000412. The molecule has 0 unspecified atom stereocenters. The van der Waals surface area contributed by atoms with Crippen LogP contribution < -0.4 is 0 Å². The highest BCUT2D eigenvalue weighted by atomic mass is 16.5. The Morgan fingerprint density at radius 1 is 0.654 bits per heavy atom. The summed E-state index contributed by atoms with van der Waals surface area (Å²) in [6.45, 7) is 9.17. The third-order valence-electron chi connectivity index (χ3n) is 3.92. The van der Waals surface area contributed by atoms with E-state index >= 15 is 0 Å². The van der Waals surface area contributed by atoms with Gasteiger partial charge in [0.15, 0.2) is 0 Å². The molecule has 0 saturated carbocycles. The predicted molar refractivity (Wildman–Crippen MR) is 105 cm³/mol. The molecule has 0 bridgehead atoms. The summed E-state index contributed by atoms with van der Waals surface area (Å²) < 4.78 is 11.0. The number of hydrogen-bond acceptors (Lipinski definition) is 4. The lowest BCUT2D eigenvalue weighted by Gasteiger charge is -2.37. The zero-order valence-electron chi connectivity index (χ0n) is 16.3. The smallest absolute Gasteiger partial charge is 0.0887 e. The van der Waals surface area contributed by atoms with Gasteiger partial charge in [0.05, 0.1) is 37.6 Å². The van der Waals surface area contributed by atoms with Crippen molar-refractivity contribution in [3.8, 4) is 0 Å². The Kier molecular flexibility index (Phi) is 9.52. The number of benzene rings is 2. The average Bonchev–Trinajstić information content (AvgIpc) is 2.63. The highest BCUT2D eigenvalue weighted by Crippen LogP contribution is 2.35. The fourth-order valence-corrected chi connectivity index (χ4v) is 2.67. The number of ether oxygens (including phenoxy) is 2. The molecule has 0 aromatic heterocycles. The molecule has 0 aliphatic rings. The fraction of sp³-hybridized carbons (Fsp3) is 0.455. The lowest BCUT2D eigenvalue weighted by molar-refractivity contribution is -0.132. The van der Waals surface area contributed by atoms with Crippen LogP contribution in [0.3, 0.4) is 0 Å². The van der Waals surface area contributed by atoms with Gasteiger partial charge >= 0.3 is 0 Å². The molecule has 0 spiro atoms. The minimum absolute atomic E-state index is 0.0278. The van der Waals surface area contributed by atoms with Crippen LogP contribution in [-0.2, 0) is 20.7 Å². The number of aliphatic hydroxyl groups is 2. The van der Waals surface area contributed by atoms with Crippen LogP contribution in [-0.4, -0.2) is 36.6 Å². The van der Waals surface area contributed by atoms with E-state index in [4.69, 9.17) is 14.9 Å². The summed E-state index contributed by atoms with van der Waals surface area (Å²) in [4.78, 5) is 0. The van der Waals surface area contributed by atoms with Gasteiger partial charge in [-0.15, -0.1) is 0 Å². The van der Waals surface area contributed by atoms with Gasteiger partial charge in [0.25, 0.3) is 0 Å². The zero-order valence-corrected chi connectivity index (χ0v) is 16.3. The van der Waals surface area contributed by atoms with Gasteiger partial charge in [0, 0.05) is 0 Å². The van der Waals surface area contributed by atoms with Gasteiger partial charge in [-0.05, 0) is 38.8 Å². The van der Waals surface area contributed by atoms with Gasteiger partial charge in [-0.3, -0.25) is 0 Å². The van der Waals surface area contributed by atoms with E-state index in [2.05, 4.69) is 81.0 Å². The van der Waals surface area contributed by atoms with Crippen LogP contribution in [0.25, 0.3) is 0 Å². The Morgan fingerprint density at radius 2 is 1.00 bits per heavy atom. The standard InChI is InChI=1S/C18H22O.C4H10O3/c1-17(2,15-11-7-5-8-12-15)19-18(3,4)16-13-9-6-10-14-16;5-1-3-7-4-2-6/h5-14H,1-4H3;5-6H,1-4H2. The molecule has 4 heteroatoms. The third-order valence-corrected chi connectivity index (χ3v) is 3.92. The highest BCUT2D eigenvalue weighted by Gasteiger charge is 2.31. The monoisotopic (exact) mass is 360 g/mol. The molecule has 0 saturated heterocycles. The van der Waals surface area contributed by atoms with Crippen molar-refractivity contribution in [2.24, 2.45) is 0 Å². The van der Waals surface area contributed by atoms with Crippen LogP contribution >= 0.6 is 0 Å². The quantitative estimate of drug-likeness (QED) is 0.702. The fourth-order valence-electron chi connectivity index (χ4n) is 2.67. The molecule has 2 aromatic carbocycles. The Labute approximate surface area is 157 Å². The Morgan fingerprint density at radius 3 is 1.31 bits per heavy atom. The van der Waals surface area contributed by atoms with Crippen LogP contribution in [0.5, 0.6) is 0 Å². The molecule has 2 rings (SSSR count). The van der Waals surface area contributed by atoms with Gasteiger partial charge < -0.3 is 19.7 Å². The molecule has 0 heterocycles. The van der Waals surface area contributed by atoms with E-state index < -0.39 is 0 Å². The van der Waals surface area contributed by atoms with Gasteiger partial charge in [0.2, 0.25) is 0 Å². The van der Waals surface area contributed by atoms with E-state index in [9.17, 15) is 0 Å². The molecule has 26 heavy (non-hydrogen) atoms. The van der Waals surface area contributed by atoms with E-state index in [1.807, 2.05) is 12.1 Å². The molecular weight excluding hydrogens is 328 g/mol. The van der Waals surface area contributed by atoms with E-state index in [1.54, 1.807) is 0 Å². The van der Waals surface area contributed by atoms with E-state index in [0.29, 0.717) is 13.2 Å². The zero-order chi connectivity index (χ0) is 19.5. The summed E-state index contributed by atoms with van der Waals surface area (Å²) in [7, 11) is 0. The first-order valence-electron chi connectivity index (χ1n) is 8.94. The van der Waals surface area contributed by atoms with Crippen molar-refractivity contribution in [2.75, 3.05) is 26.4 Å². The Bertz CT molecular complexity index is 541. The second-order valence-electron chi connectivity index (χ2n) is 6.91. The maximum Gasteiger partial charge on any atom is 0.0887 e. The molecule has 2 aromatic rings. The average molecular weight is 360 g/mol.